The SMILES string of the molecule is CCc1ccc(Oc2cc(Br)ccc2C#N)c(OC)c1. The van der Waals surface area contributed by atoms with Crippen molar-refractivity contribution in [2.24, 2.45) is 0 Å². The van der Waals surface area contributed by atoms with Gasteiger partial charge in [0, 0.05) is 4.47 Å². The lowest BCUT2D eigenvalue weighted by atomic mass is 10.1. The molecule has 0 radical (unpaired) electrons. The molecule has 4 heteroatoms. The lowest BCUT2D eigenvalue weighted by molar-refractivity contribution is 0.378. The Labute approximate surface area is 126 Å². The average Bonchev–Trinajstić information content (AvgIpc) is 2.48. The summed E-state index contributed by atoms with van der Waals surface area (Å²) in [6.07, 6.45) is 0.928. The second kappa shape index (κ2) is 6.44. The van der Waals surface area contributed by atoms with Gasteiger partial charge in [-0.15, -0.1) is 0 Å². The highest BCUT2D eigenvalue weighted by Gasteiger charge is 2.10. The number of rotatable bonds is 4. The summed E-state index contributed by atoms with van der Waals surface area (Å²) in [5.74, 6) is 1.76. The Bertz CT molecular complexity index is 662. The van der Waals surface area contributed by atoms with E-state index in [1.54, 1.807) is 19.2 Å². The molecule has 0 saturated heterocycles. The van der Waals surface area contributed by atoms with Gasteiger partial charge >= 0.3 is 0 Å². The van der Waals surface area contributed by atoms with Crippen LogP contribution in [0.15, 0.2) is 40.9 Å². The number of nitrogens with zero attached hydrogens (tertiary/aromatic N) is 1. The molecule has 0 aliphatic carbocycles. The fraction of sp³-hybridized carbons (Fsp3) is 0.188. The third-order valence-corrected chi connectivity index (χ3v) is 3.41. The first-order valence-corrected chi connectivity index (χ1v) is 7.01. The molecule has 0 aliphatic rings. The summed E-state index contributed by atoms with van der Waals surface area (Å²) in [7, 11) is 1.60. The first-order chi connectivity index (χ1) is 9.67. The zero-order chi connectivity index (χ0) is 14.5. The summed E-state index contributed by atoms with van der Waals surface area (Å²) in [5.41, 5.74) is 1.65. The van der Waals surface area contributed by atoms with E-state index >= 15 is 0 Å². The third-order valence-electron chi connectivity index (χ3n) is 2.92. The van der Waals surface area contributed by atoms with E-state index in [9.17, 15) is 0 Å². The average molecular weight is 332 g/mol. The van der Waals surface area contributed by atoms with Crippen LogP contribution in [0.4, 0.5) is 0 Å². The van der Waals surface area contributed by atoms with Crippen molar-refractivity contribution in [2.75, 3.05) is 7.11 Å². The van der Waals surface area contributed by atoms with Crippen molar-refractivity contribution in [1.29, 1.82) is 5.26 Å². The van der Waals surface area contributed by atoms with Gasteiger partial charge in [-0.05, 0) is 42.3 Å². The number of hydrogen-bond acceptors (Lipinski definition) is 3. The quantitative estimate of drug-likeness (QED) is 0.816. The zero-order valence-corrected chi connectivity index (χ0v) is 12.9. The molecule has 0 atom stereocenters. The van der Waals surface area contributed by atoms with Crippen LogP contribution in [0.2, 0.25) is 0 Å². The lowest BCUT2D eigenvalue weighted by Crippen LogP contribution is -1.94. The summed E-state index contributed by atoms with van der Waals surface area (Å²) < 4.78 is 12.0. The molecular weight excluding hydrogens is 318 g/mol. The van der Waals surface area contributed by atoms with Crippen LogP contribution in [0.1, 0.15) is 18.1 Å². The van der Waals surface area contributed by atoms with E-state index in [2.05, 4.69) is 28.9 Å². The normalized spacial score (nSPS) is 9.90. The van der Waals surface area contributed by atoms with Crippen LogP contribution in [0.3, 0.4) is 0 Å². The first kappa shape index (κ1) is 14.4. The van der Waals surface area contributed by atoms with E-state index in [1.807, 2.05) is 24.3 Å². The summed E-state index contributed by atoms with van der Waals surface area (Å²) in [6.45, 7) is 2.08. The number of ether oxygens (including phenoxy) is 2. The number of halogens is 1. The Morgan fingerprint density at radius 2 is 1.90 bits per heavy atom. The molecule has 2 rings (SSSR count). The topological polar surface area (TPSA) is 42.2 Å². The maximum Gasteiger partial charge on any atom is 0.169 e. The van der Waals surface area contributed by atoms with Gasteiger partial charge < -0.3 is 9.47 Å². The maximum atomic E-state index is 9.12. The van der Waals surface area contributed by atoms with Crippen molar-refractivity contribution >= 4 is 15.9 Å². The van der Waals surface area contributed by atoms with Crippen molar-refractivity contribution in [1.82, 2.24) is 0 Å². The van der Waals surface area contributed by atoms with Crippen LogP contribution in [0.5, 0.6) is 17.2 Å². The predicted octanol–water partition coefficient (Wildman–Crippen LogP) is 4.68. The summed E-state index contributed by atoms with van der Waals surface area (Å²) in [5, 5.41) is 9.12. The van der Waals surface area contributed by atoms with Crippen molar-refractivity contribution in [2.45, 2.75) is 13.3 Å². The minimum absolute atomic E-state index is 0.481. The van der Waals surface area contributed by atoms with Crippen LogP contribution < -0.4 is 9.47 Å². The molecule has 20 heavy (non-hydrogen) atoms. The molecule has 0 fully saturated rings. The van der Waals surface area contributed by atoms with Crippen LogP contribution >= 0.6 is 15.9 Å². The van der Waals surface area contributed by atoms with E-state index in [4.69, 9.17) is 14.7 Å². The molecule has 0 aliphatic heterocycles. The van der Waals surface area contributed by atoms with Crippen LogP contribution in [0.25, 0.3) is 0 Å². The molecule has 102 valence electrons. The van der Waals surface area contributed by atoms with Crippen molar-refractivity contribution in [3.63, 3.8) is 0 Å². The second-order valence-corrected chi connectivity index (χ2v) is 5.11. The minimum Gasteiger partial charge on any atom is -0.493 e. The first-order valence-electron chi connectivity index (χ1n) is 6.22. The third kappa shape index (κ3) is 3.12. The predicted molar refractivity (Wildman–Crippen MR) is 81.3 cm³/mol. The standard InChI is InChI=1S/C16H14BrNO2/c1-3-11-4-7-14(16(8-11)19-2)20-15-9-13(17)6-5-12(15)10-18/h4-9H,3H2,1-2H3. The molecular formula is C16H14BrNO2. The van der Waals surface area contributed by atoms with E-state index in [0.29, 0.717) is 22.8 Å². The van der Waals surface area contributed by atoms with Gasteiger partial charge in [-0.25, -0.2) is 0 Å². The second-order valence-electron chi connectivity index (χ2n) is 4.19. The van der Waals surface area contributed by atoms with Crippen molar-refractivity contribution < 1.29 is 9.47 Å². The molecule has 3 nitrogen and oxygen atoms in total. The Kier molecular flexibility index (Phi) is 4.65. The Balaban J connectivity index is 2.40. The zero-order valence-electron chi connectivity index (χ0n) is 11.3. The summed E-state index contributed by atoms with van der Waals surface area (Å²) in [4.78, 5) is 0. The molecule has 0 N–H and O–H groups in total. The van der Waals surface area contributed by atoms with Crippen LogP contribution in [-0.4, -0.2) is 7.11 Å². The van der Waals surface area contributed by atoms with Crippen molar-refractivity contribution in [3.8, 4) is 23.3 Å². The van der Waals surface area contributed by atoms with Gasteiger partial charge in [0.05, 0.1) is 12.7 Å². The minimum atomic E-state index is 0.481. The molecule has 0 spiro atoms. The molecule has 0 amide bonds. The van der Waals surface area contributed by atoms with Gasteiger partial charge in [0.2, 0.25) is 0 Å². The van der Waals surface area contributed by atoms with Crippen LogP contribution in [-0.2, 0) is 6.42 Å². The Morgan fingerprint density at radius 1 is 1.10 bits per heavy atom. The molecule has 0 bridgehead atoms. The van der Waals surface area contributed by atoms with Gasteiger partial charge in [-0.3, -0.25) is 0 Å². The van der Waals surface area contributed by atoms with E-state index in [1.165, 1.54) is 5.56 Å². The smallest absolute Gasteiger partial charge is 0.169 e. The number of aryl methyl sites for hydroxylation is 1. The van der Waals surface area contributed by atoms with Gasteiger partial charge in [-0.1, -0.05) is 28.9 Å². The Morgan fingerprint density at radius 3 is 2.55 bits per heavy atom. The number of nitriles is 1. The van der Waals surface area contributed by atoms with E-state index in [-0.39, 0.29) is 0 Å². The number of benzene rings is 2. The molecule has 2 aromatic rings. The maximum absolute atomic E-state index is 9.12. The van der Waals surface area contributed by atoms with E-state index < -0.39 is 0 Å². The lowest BCUT2D eigenvalue weighted by Gasteiger charge is -2.12. The molecule has 2 aromatic carbocycles. The number of hydrogen-bond donors (Lipinski definition) is 0. The highest BCUT2D eigenvalue weighted by Crippen LogP contribution is 2.35. The fourth-order valence-electron chi connectivity index (χ4n) is 1.81. The largest absolute Gasteiger partial charge is 0.493 e. The molecule has 0 unspecified atom stereocenters. The van der Waals surface area contributed by atoms with Gasteiger partial charge in [0.25, 0.3) is 0 Å². The van der Waals surface area contributed by atoms with Gasteiger partial charge in [0.1, 0.15) is 11.8 Å². The summed E-state index contributed by atoms with van der Waals surface area (Å²) in [6, 6.07) is 13.2. The van der Waals surface area contributed by atoms with Gasteiger partial charge in [-0.2, -0.15) is 5.26 Å². The monoisotopic (exact) mass is 331 g/mol. The molecule has 0 aromatic heterocycles. The Hall–Kier alpha value is -1.99. The highest BCUT2D eigenvalue weighted by molar-refractivity contribution is 9.10. The molecule has 0 saturated carbocycles. The molecule has 0 heterocycles. The number of methoxy groups -OCH3 is 1. The highest BCUT2D eigenvalue weighted by atomic mass is 79.9. The van der Waals surface area contributed by atoms with Gasteiger partial charge in [0.15, 0.2) is 11.5 Å². The summed E-state index contributed by atoms with van der Waals surface area (Å²) >= 11 is 3.38. The van der Waals surface area contributed by atoms with Crippen molar-refractivity contribution in [3.05, 3.63) is 52.0 Å². The fourth-order valence-corrected chi connectivity index (χ4v) is 2.15. The van der Waals surface area contributed by atoms with Crippen LogP contribution in [0, 0.1) is 11.3 Å². The van der Waals surface area contributed by atoms with E-state index in [0.717, 1.165) is 10.9 Å².